The van der Waals surface area contributed by atoms with Crippen molar-refractivity contribution in [1.29, 1.82) is 0 Å². The lowest BCUT2D eigenvalue weighted by Gasteiger charge is -2.21. The average Bonchev–Trinajstić information content (AvgIpc) is 2.99. The van der Waals surface area contributed by atoms with Crippen molar-refractivity contribution in [3.63, 3.8) is 0 Å². The Morgan fingerprint density at radius 2 is 1.87 bits per heavy atom. The van der Waals surface area contributed by atoms with E-state index in [-0.39, 0.29) is 0 Å². The molecule has 0 bridgehead atoms. The van der Waals surface area contributed by atoms with Crippen molar-refractivity contribution in [1.82, 2.24) is 10.3 Å². The van der Waals surface area contributed by atoms with Crippen LogP contribution in [0.3, 0.4) is 0 Å². The van der Waals surface area contributed by atoms with Gasteiger partial charge in [0.2, 0.25) is 0 Å². The van der Waals surface area contributed by atoms with Gasteiger partial charge in [-0.1, -0.05) is 19.1 Å². The Kier molecular flexibility index (Phi) is 6.84. The number of nitrogens with zero attached hydrogens (tertiary/aromatic N) is 2. The summed E-state index contributed by atoms with van der Waals surface area (Å²) in [7, 11) is 3.10. The number of nitrogens with one attached hydrogen (secondary N) is 1. The van der Waals surface area contributed by atoms with E-state index in [0.717, 1.165) is 11.4 Å². The molecule has 8 nitrogen and oxygen atoms in total. The monoisotopic (exact) mass is 489 g/mol. The van der Waals surface area contributed by atoms with Gasteiger partial charge in [-0.15, -0.1) is 5.01 Å². The number of ether oxygens (including phenoxy) is 3. The second-order valence-corrected chi connectivity index (χ2v) is 7.88. The Labute approximate surface area is 189 Å². The summed E-state index contributed by atoms with van der Waals surface area (Å²) in [5.74, 6) is 1.28. The maximum absolute atomic E-state index is 13.0. The number of urea groups is 1. The van der Waals surface area contributed by atoms with Gasteiger partial charge in [-0.05, 0) is 64.7 Å². The molecule has 0 aliphatic carbocycles. The molecule has 1 atom stereocenters. The summed E-state index contributed by atoms with van der Waals surface area (Å²) in [4.78, 5) is 25.5. The standard InChI is InChI=1S/C22H24BrN3O5/c1-5-10-31-19-17(23)11-14(12-18(19)30-4)13-24-26-20(27)22(2,25-21(26)28)15-6-8-16(29-3)9-7-15/h6-9,11-13H,5,10H2,1-4H3,(H,25,28)/b24-13+. The molecule has 3 rings (SSSR count). The van der Waals surface area contributed by atoms with Crippen molar-refractivity contribution in [2.24, 2.45) is 5.10 Å². The van der Waals surface area contributed by atoms with Gasteiger partial charge in [-0.25, -0.2) is 4.79 Å². The molecule has 164 valence electrons. The molecule has 2 aromatic rings. The van der Waals surface area contributed by atoms with Crippen LogP contribution in [-0.2, 0) is 10.3 Å². The molecule has 2 aromatic carbocycles. The number of benzene rings is 2. The van der Waals surface area contributed by atoms with Gasteiger partial charge in [0.1, 0.15) is 11.3 Å². The Morgan fingerprint density at radius 3 is 2.48 bits per heavy atom. The fourth-order valence-electron chi connectivity index (χ4n) is 3.13. The van der Waals surface area contributed by atoms with Crippen LogP contribution in [0.5, 0.6) is 17.2 Å². The molecule has 1 unspecified atom stereocenters. The van der Waals surface area contributed by atoms with Gasteiger partial charge in [0, 0.05) is 0 Å². The number of hydrogen-bond donors (Lipinski definition) is 1. The van der Waals surface area contributed by atoms with Gasteiger partial charge in [0.25, 0.3) is 5.91 Å². The minimum absolute atomic E-state index is 0.479. The summed E-state index contributed by atoms with van der Waals surface area (Å²) in [6.07, 6.45) is 2.28. The van der Waals surface area contributed by atoms with E-state index in [1.807, 2.05) is 6.92 Å². The van der Waals surface area contributed by atoms with E-state index in [4.69, 9.17) is 14.2 Å². The fourth-order valence-corrected chi connectivity index (χ4v) is 3.71. The van der Waals surface area contributed by atoms with Gasteiger partial charge < -0.3 is 19.5 Å². The summed E-state index contributed by atoms with van der Waals surface area (Å²) >= 11 is 3.47. The van der Waals surface area contributed by atoms with Crippen molar-refractivity contribution in [3.05, 3.63) is 52.0 Å². The SMILES string of the molecule is CCCOc1c(Br)cc(/C=N/N2C(=O)NC(C)(c3ccc(OC)cc3)C2=O)cc1OC. The van der Waals surface area contributed by atoms with E-state index >= 15 is 0 Å². The number of carbonyl (C=O) groups is 2. The third-order valence-corrected chi connectivity index (χ3v) is 5.45. The van der Waals surface area contributed by atoms with E-state index in [9.17, 15) is 9.59 Å². The summed E-state index contributed by atoms with van der Waals surface area (Å²) in [5.41, 5.74) is 0.0361. The number of rotatable bonds is 8. The third-order valence-electron chi connectivity index (χ3n) is 4.86. The molecular weight excluding hydrogens is 466 g/mol. The van der Waals surface area contributed by atoms with Crippen LogP contribution in [0.2, 0.25) is 0 Å². The number of methoxy groups -OCH3 is 2. The van der Waals surface area contributed by atoms with E-state index in [1.165, 1.54) is 6.21 Å². The molecule has 0 saturated carbocycles. The molecule has 1 heterocycles. The fraction of sp³-hybridized carbons (Fsp3) is 0.318. The molecular formula is C22H24BrN3O5. The van der Waals surface area contributed by atoms with Crippen LogP contribution in [0, 0.1) is 0 Å². The summed E-state index contributed by atoms with van der Waals surface area (Å²) < 4.78 is 16.9. The summed E-state index contributed by atoms with van der Waals surface area (Å²) in [5, 5.41) is 7.66. The topological polar surface area (TPSA) is 89.5 Å². The van der Waals surface area contributed by atoms with Crippen LogP contribution >= 0.6 is 15.9 Å². The Balaban J connectivity index is 1.84. The van der Waals surface area contributed by atoms with Gasteiger partial charge in [0.15, 0.2) is 11.5 Å². The largest absolute Gasteiger partial charge is 0.497 e. The molecule has 1 aliphatic rings. The number of hydrogen-bond acceptors (Lipinski definition) is 6. The van der Waals surface area contributed by atoms with E-state index in [1.54, 1.807) is 57.5 Å². The lowest BCUT2D eigenvalue weighted by molar-refractivity contribution is -0.131. The highest BCUT2D eigenvalue weighted by atomic mass is 79.9. The van der Waals surface area contributed by atoms with Crippen LogP contribution in [0.25, 0.3) is 0 Å². The molecule has 9 heteroatoms. The van der Waals surface area contributed by atoms with Gasteiger partial charge in [0.05, 0.1) is 31.5 Å². The molecule has 1 aliphatic heterocycles. The van der Waals surface area contributed by atoms with Crippen LogP contribution in [-0.4, -0.2) is 44.0 Å². The molecule has 3 amide bonds. The molecule has 1 saturated heterocycles. The average molecular weight is 490 g/mol. The molecule has 1 N–H and O–H groups in total. The molecule has 0 spiro atoms. The molecule has 1 fully saturated rings. The highest BCUT2D eigenvalue weighted by molar-refractivity contribution is 9.10. The molecule has 31 heavy (non-hydrogen) atoms. The second kappa shape index (κ2) is 9.38. The number of imide groups is 1. The predicted molar refractivity (Wildman–Crippen MR) is 120 cm³/mol. The zero-order chi connectivity index (χ0) is 22.6. The van der Waals surface area contributed by atoms with E-state index in [0.29, 0.717) is 39.5 Å². The van der Waals surface area contributed by atoms with Crippen molar-refractivity contribution in [2.75, 3.05) is 20.8 Å². The van der Waals surface area contributed by atoms with Gasteiger partial charge in [-0.3, -0.25) is 4.79 Å². The first-order valence-electron chi connectivity index (χ1n) is 9.69. The third kappa shape index (κ3) is 4.51. The van der Waals surface area contributed by atoms with Crippen molar-refractivity contribution < 1.29 is 23.8 Å². The summed E-state index contributed by atoms with van der Waals surface area (Å²) in [6.45, 7) is 4.21. The van der Waals surface area contributed by atoms with Crippen molar-refractivity contribution in [3.8, 4) is 17.2 Å². The minimum Gasteiger partial charge on any atom is -0.497 e. The number of carbonyl (C=O) groups excluding carboxylic acids is 2. The van der Waals surface area contributed by atoms with Crippen LogP contribution in [0.1, 0.15) is 31.4 Å². The zero-order valence-electron chi connectivity index (χ0n) is 17.8. The highest BCUT2D eigenvalue weighted by Gasteiger charge is 2.49. The predicted octanol–water partition coefficient (Wildman–Crippen LogP) is 4.06. The maximum atomic E-state index is 13.0. The minimum atomic E-state index is -1.23. The number of hydrazone groups is 1. The van der Waals surface area contributed by atoms with Crippen LogP contribution in [0.15, 0.2) is 46.0 Å². The number of amides is 3. The van der Waals surface area contributed by atoms with Crippen molar-refractivity contribution in [2.45, 2.75) is 25.8 Å². The molecule has 0 aromatic heterocycles. The highest BCUT2D eigenvalue weighted by Crippen LogP contribution is 2.36. The Hall–Kier alpha value is -3.07. The van der Waals surface area contributed by atoms with Gasteiger partial charge >= 0.3 is 6.03 Å². The lowest BCUT2D eigenvalue weighted by atomic mass is 9.92. The maximum Gasteiger partial charge on any atom is 0.346 e. The van der Waals surface area contributed by atoms with Crippen molar-refractivity contribution >= 4 is 34.1 Å². The Bertz CT molecular complexity index is 1010. The quantitative estimate of drug-likeness (QED) is 0.446. The lowest BCUT2D eigenvalue weighted by Crippen LogP contribution is -2.40. The van der Waals surface area contributed by atoms with E-state index < -0.39 is 17.5 Å². The summed E-state index contributed by atoms with van der Waals surface area (Å²) in [6, 6.07) is 9.84. The first kappa shape index (κ1) is 22.6. The first-order valence-corrected chi connectivity index (χ1v) is 10.5. The second-order valence-electron chi connectivity index (χ2n) is 7.03. The Morgan fingerprint density at radius 1 is 1.16 bits per heavy atom. The molecule has 0 radical (unpaired) electrons. The van der Waals surface area contributed by atoms with Gasteiger partial charge in [-0.2, -0.15) is 5.10 Å². The normalized spacial score (nSPS) is 18.4. The zero-order valence-corrected chi connectivity index (χ0v) is 19.4. The number of halogens is 1. The van der Waals surface area contributed by atoms with Crippen LogP contribution < -0.4 is 19.5 Å². The first-order chi connectivity index (χ1) is 14.8. The van der Waals surface area contributed by atoms with Crippen LogP contribution in [0.4, 0.5) is 4.79 Å². The van der Waals surface area contributed by atoms with E-state index in [2.05, 4.69) is 26.3 Å². The smallest absolute Gasteiger partial charge is 0.346 e.